The van der Waals surface area contributed by atoms with Gasteiger partial charge < -0.3 is 9.88 Å². The number of amides is 1. The summed E-state index contributed by atoms with van der Waals surface area (Å²) >= 11 is 6.07. The summed E-state index contributed by atoms with van der Waals surface area (Å²) in [6.07, 6.45) is 0. The molecule has 4 aromatic rings. The van der Waals surface area contributed by atoms with Gasteiger partial charge in [0.25, 0.3) is 11.5 Å². The molecule has 0 fully saturated rings. The monoisotopic (exact) mass is 421 g/mol. The molecule has 3 aromatic carbocycles. The Morgan fingerprint density at radius 2 is 1.90 bits per heavy atom. The Bertz CT molecular complexity index is 1330. The van der Waals surface area contributed by atoms with Gasteiger partial charge in [0.15, 0.2) is 5.69 Å². The van der Waals surface area contributed by atoms with E-state index in [1.165, 1.54) is 10.6 Å². The highest BCUT2D eigenvalue weighted by Gasteiger charge is 2.18. The highest BCUT2D eigenvalue weighted by molar-refractivity contribution is 6.30. The fourth-order valence-corrected chi connectivity index (χ4v) is 3.39. The van der Waals surface area contributed by atoms with E-state index < -0.39 is 17.3 Å². The first kappa shape index (κ1) is 19.8. The lowest BCUT2D eigenvalue weighted by atomic mass is 10.2. The molecule has 1 heterocycles. The van der Waals surface area contributed by atoms with Crippen LogP contribution in [0.2, 0.25) is 5.02 Å². The lowest BCUT2D eigenvalue weighted by Gasteiger charge is -2.13. The Balaban J connectivity index is 1.78. The molecule has 0 spiro atoms. The second-order valence-corrected chi connectivity index (χ2v) is 7.32. The van der Waals surface area contributed by atoms with E-state index in [2.05, 4.69) is 10.3 Å². The molecule has 0 radical (unpaired) electrons. The molecule has 0 aliphatic rings. The molecule has 0 atom stereocenters. The zero-order chi connectivity index (χ0) is 21.3. The number of anilines is 1. The summed E-state index contributed by atoms with van der Waals surface area (Å²) in [5.74, 6) is -1.15. The number of para-hydroxylation sites is 2. The van der Waals surface area contributed by atoms with Crippen LogP contribution in [0.25, 0.3) is 11.0 Å². The van der Waals surface area contributed by atoms with Crippen LogP contribution >= 0.6 is 11.6 Å². The number of fused-ring (bicyclic) bond motifs is 1. The number of aryl methyl sites for hydroxylation is 1. The van der Waals surface area contributed by atoms with Crippen molar-refractivity contribution >= 4 is 34.2 Å². The van der Waals surface area contributed by atoms with Crippen molar-refractivity contribution in [3.8, 4) is 0 Å². The van der Waals surface area contributed by atoms with Crippen LogP contribution < -0.4 is 10.9 Å². The highest BCUT2D eigenvalue weighted by atomic mass is 35.5. The second-order valence-electron chi connectivity index (χ2n) is 6.89. The van der Waals surface area contributed by atoms with Gasteiger partial charge in [-0.1, -0.05) is 41.9 Å². The van der Waals surface area contributed by atoms with Crippen LogP contribution in [0.1, 0.15) is 21.6 Å². The Hall–Kier alpha value is -3.51. The van der Waals surface area contributed by atoms with Gasteiger partial charge in [-0.05, 0) is 54.4 Å². The van der Waals surface area contributed by atoms with Crippen molar-refractivity contribution in [3.63, 3.8) is 0 Å². The average molecular weight is 422 g/mol. The summed E-state index contributed by atoms with van der Waals surface area (Å²) in [6, 6.07) is 18.6. The number of halogens is 2. The van der Waals surface area contributed by atoms with Crippen molar-refractivity contribution in [1.82, 2.24) is 9.55 Å². The molecule has 4 rings (SSSR count). The van der Waals surface area contributed by atoms with Crippen molar-refractivity contribution in [2.45, 2.75) is 13.5 Å². The van der Waals surface area contributed by atoms with Gasteiger partial charge >= 0.3 is 0 Å². The number of benzene rings is 3. The van der Waals surface area contributed by atoms with Crippen LogP contribution in [-0.2, 0) is 6.54 Å². The number of carbonyl (C=O) groups is 1. The van der Waals surface area contributed by atoms with Crippen molar-refractivity contribution in [2.75, 3.05) is 5.32 Å². The molecule has 0 unspecified atom stereocenters. The molecule has 150 valence electrons. The third-order valence-electron chi connectivity index (χ3n) is 4.73. The molecular formula is C23H17ClFN3O2. The Labute approximate surface area is 176 Å². The molecule has 1 aromatic heterocycles. The quantitative estimate of drug-likeness (QED) is 0.515. The Morgan fingerprint density at radius 1 is 1.10 bits per heavy atom. The maximum Gasteiger partial charge on any atom is 0.283 e. The first-order valence-electron chi connectivity index (χ1n) is 9.24. The molecule has 5 nitrogen and oxygen atoms in total. The maximum atomic E-state index is 13.8. The van der Waals surface area contributed by atoms with Crippen LogP contribution in [0.15, 0.2) is 71.5 Å². The minimum absolute atomic E-state index is 0.224. The van der Waals surface area contributed by atoms with E-state index in [4.69, 9.17) is 11.6 Å². The van der Waals surface area contributed by atoms with E-state index in [1.54, 1.807) is 61.5 Å². The molecule has 0 aliphatic heterocycles. The first-order valence-corrected chi connectivity index (χ1v) is 9.62. The normalized spacial score (nSPS) is 10.9. The summed E-state index contributed by atoms with van der Waals surface area (Å²) in [7, 11) is 0. The fraction of sp³-hybridized carbons (Fsp3) is 0.0870. The van der Waals surface area contributed by atoms with Crippen molar-refractivity contribution in [1.29, 1.82) is 0 Å². The van der Waals surface area contributed by atoms with E-state index in [0.29, 0.717) is 21.6 Å². The molecule has 7 heteroatoms. The Kier molecular flexibility index (Phi) is 5.33. The zero-order valence-corrected chi connectivity index (χ0v) is 16.8. The number of hydrogen-bond acceptors (Lipinski definition) is 3. The van der Waals surface area contributed by atoms with E-state index in [1.807, 2.05) is 6.07 Å². The third kappa shape index (κ3) is 3.95. The summed E-state index contributed by atoms with van der Waals surface area (Å²) in [4.78, 5) is 30.2. The highest BCUT2D eigenvalue weighted by Crippen LogP contribution is 2.17. The summed E-state index contributed by atoms with van der Waals surface area (Å²) in [6.45, 7) is 1.85. The van der Waals surface area contributed by atoms with Crippen LogP contribution in [0, 0.1) is 12.7 Å². The third-order valence-corrected chi connectivity index (χ3v) is 4.96. The number of nitrogens with one attached hydrogen (secondary N) is 1. The molecule has 1 N–H and O–H groups in total. The SMILES string of the molecule is Cc1ccc(NC(=O)c2nc3ccccc3n(Cc3cccc(Cl)c3)c2=O)cc1F. The van der Waals surface area contributed by atoms with Gasteiger partial charge in [0.2, 0.25) is 0 Å². The van der Waals surface area contributed by atoms with Crippen LogP contribution in [0.5, 0.6) is 0 Å². The fourth-order valence-electron chi connectivity index (χ4n) is 3.18. The summed E-state index contributed by atoms with van der Waals surface area (Å²) in [5, 5.41) is 3.11. The molecule has 1 amide bonds. The predicted octanol–water partition coefficient (Wildman–Crippen LogP) is 4.80. The number of carbonyl (C=O) groups excluding carboxylic acids is 1. The van der Waals surface area contributed by atoms with E-state index in [9.17, 15) is 14.0 Å². The molecule has 0 saturated carbocycles. The van der Waals surface area contributed by atoms with E-state index in [-0.39, 0.29) is 17.9 Å². The van der Waals surface area contributed by atoms with Gasteiger partial charge in [-0.25, -0.2) is 9.37 Å². The van der Waals surface area contributed by atoms with Gasteiger partial charge in [-0.2, -0.15) is 0 Å². The van der Waals surface area contributed by atoms with Gasteiger partial charge in [0, 0.05) is 10.7 Å². The lowest BCUT2D eigenvalue weighted by Crippen LogP contribution is -2.31. The Morgan fingerprint density at radius 3 is 2.67 bits per heavy atom. The first-order chi connectivity index (χ1) is 14.4. The maximum absolute atomic E-state index is 13.8. The number of nitrogens with zero attached hydrogens (tertiary/aromatic N) is 2. The largest absolute Gasteiger partial charge is 0.320 e. The molecular weight excluding hydrogens is 405 g/mol. The summed E-state index contributed by atoms with van der Waals surface area (Å²) in [5.41, 5.74) is 1.81. The van der Waals surface area contributed by atoms with Crippen LogP contribution in [-0.4, -0.2) is 15.5 Å². The standard InChI is InChI=1S/C23H17ClFN3O2/c1-14-9-10-17(12-18(14)25)26-22(29)21-23(30)28(13-15-5-4-6-16(24)11-15)20-8-3-2-7-19(20)27-21/h2-12H,13H2,1H3,(H,26,29). The smallest absolute Gasteiger partial charge is 0.283 e. The van der Waals surface area contributed by atoms with Gasteiger partial charge in [-0.15, -0.1) is 0 Å². The molecule has 0 saturated heterocycles. The average Bonchev–Trinajstić information content (AvgIpc) is 2.72. The van der Waals surface area contributed by atoms with Gasteiger partial charge in [-0.3, -0.25) is 9.59 Å². The van der Waals surface area contributed by atoms with Crippen molar-refractivity contribution in [2.24, 2.45) is 0 Å². The zero-order valence-electron chi connectivity index (χ0n) is 16.0. The van der Waals surface area contributed by atoms with Crippen molar-refractivity contribution in [3.05, 3.63) is 105 Å². The number of rotatable bonds is 4. The second kappa shape index (κ2) is 8.08. The predicted molar refractivity (Wildman–Crippen MR) is 116 cm³/mol. The van der Waals surface area contributed by atoms with Crippen LogP contribution in [0.3, 0.4) is 0 Å². The topological polar surface area (TPSA) is 64.0 Å². The minimum Gasteiger partial charge on any atom is -0.320 e. The summed E-state index contributed by atoms with van der Waals surface area (Å²) < 4.78 is 15.3. The molecule has 0 bridgehead atoms. The van der Waals surface area contributed by atoms with Gasteiger partial charge in [0.05, 0.1) is 17.6 Å². The minimum atomic E-state index is -0.700. The number of hydrogen-bond donors (Lipinski definition) is 1. The van der Waals surface area contributed by atoms with Crippen molar-refractivity contribution < 1.29 is 9.18 Å². The van der Waals surface area contributed by atoms with E-state index in [0.717, 1.165) is 5.56 Å². The van der Waals surface area contributed by atoms with Crippen LogP contribution in [0.4, 0.5) is 10.1 Å². The van der Waals surface area contributed by atoms with Gasteiger partial charge in [0.1, 0.15) is 5.82 Å². The van der Waals surface area contributed by atoms with E-state index >= 15 is 0 Å². The molecule has 0 aliphatic carbocycles. The molecule has 30 heavy (non-hydrogen) atoms. The number of aromatic nitrogens is 2. The lowest BCUT2D eigenvalue weighted by molar-refractivity contribution is 0.102.